The fourth-order valence-corrected chi connectivity index (χ4v) is 2.73. The van der Waals surface area contributed by atoms with Gasteiger partial charge in [0.25, 0.3) is 0 Å². The topological polar surface area (TPSA) is 70.6 Å². The molecule has 132 valence electrons. The second-order valence-corrected chi connectivity index (χ2v) is 5.99. The molecule has 0 spiro atoms. The summed E-state index contributed by atoms with van der Waals surface area (Å²) >= 11 is 0. The zero-order valence-corrected chi connectivity index (χ0v) is 14.6. The Morgan fingerprint density at radius 3 is 2.56 bits per heavy atom. The summed E-state index contributed by atoms with van der Waals surface area (Å²) in [4.78, 5) is 24.6. The number of ether oxygens (including phenoxy) is 1. The van der Waals surface area contributed by atoms with Gasteiger partial charge in [0, 0.05) is 38.6 Å². The Morgan fingerprint density at radius 2 is 1.84 bits per heavy atom. The van der Waals surface area contributed by atoms with E-state index in [1.54, 1.807) is 23.4 Å². The van der Waals surface area contributed by atoms with Crippen LogP contribution in [0.15, 0.2) is 36.7 Å². The molecule has 0 saturated carbocycles. The highest BCUT2D eigenvalue weighted by molar-refractivity contribution is 5.74. The van der Waals surface area contributed by atoms with E-state index in [0.29, 0.717) is 19.0 Å². The zero-order chi connectivity index (χ0) is 17.6. The summed E-state index contributed by atoms with van der Waals surface area (Å²) in [5, 5.41) is 2.82. The summed E-state index contributed by atoms with van der Waals surface area (Å²) in [6.07, 6.45) is 3.46. The lowest BCUT2D eigenvalue weighted by molar-refractivity contribution is 0.181. The van der Waals surface area contributed by atoms with Crippen LogP contribution in [0.3, 0.4) is 0 Å². The standard InChI is InChI=1S/C18H23N5O2/c1-14-5-3-6-16(15(14)2)25-13-21-18(24)23-11-9-22(10-12-23)17-19-7-4-8-20-17/h3-8H,9-13H2,1-2H3,(H,21,24). The number of amides is 2. The molecule has 0 atom stereocenters. The lowest BCUT2D eigenvalue weighted by atomic mass is 10.1. The molecular weight excluding hydrogens is 318 g/mol. The number of hydrogen-bond donors (Lipinski definition) is 1. The van der Waals surface area contributed by atoms with Crippen molar-refractivity contribution in [1.82, 2.24) is 20.2 Å². The second-order valence-electron chi connectivity index (χ2n) is 5.99. The van der Waals surface area contributed by atoms with Crippen molar-refractivity contribution >= 4 is 12.0 Å². The Bertz CT molecular complexity index is 715. The van der Waals surface area contributed by atoms with Gasteiger partial charge in [0.1, 0.15) is 5.75 Å². The highest BCUT2D eigenvalue weighted by Gasteiger charge is 2.22. The number of carbonyl (C=O) groups excluding carboxylic acids is 1. The lowest BCUT2D eigenvalue weighted by Crippen LogP contribution is -2.52. The number of nitrogens with one attached hydrogen (secondary N) is 1. The number of piperazine rings is 1. The van der Waals surface area contributed by atoms with E-state index in [4.69, 9.17) is 4.74 Å². The highest BCUT2D eigenvalue weighted by Crippen LogP contribution is 2.20. The third kappa shape index (κ3) is 4.17. The molecule has 2 aromatic rings. The third-order valence-corrected chi connectivity index (χ3v) is 4.41. The van der Waals surface area contributed by atoms with Crippen LogP contribution in [0.2, 0.25) is 0 Å². The molecule has 3 rings (SSSR count). The van der Waals surface area contributed by atoms with Crippen LogP contribution in [0.5, 0.6) is 5.75 Å². The van der Waals surface area contributed by atoms with Gasteiger partial charge < -0.3 is 19.9 Å². The average molecular weight is 341 g/mol. The molecule has 0 bridgehead atoms. The van der Waals surface area contributed by atoms with Crippen LogP contribution in [0, 0.1) is 13.8 Å². The third-order valence-electron chi connectivity index (χ3n) is 4.41. The second kappa shape index (κ2) is 7.83. The Kier molecular flexibility index (Phi) is 5.33. The van der Waals surface area contributed by atoms with Gasteiger partial charge in [-0.2, -0.15) is 0 Å². The Morgan fingerprint density at radius 1 is 1.12 bits per heavy atom. The molecule has 25 heavy (non-hydrogen) atoms. The van der Waals surface area contributed by atoms with E-state index in [1.165, 1.54) is 5.56 Å². The van der Waals surface area contributed by atoms with E-state index in [-0.39, 0.29) is 12.8 Å². The summed E-state index contributed by atoms with van der Waals surface area (Å²) in [5.74, 6) is 1.51. The molecule has 1 aromatic heterocycles. The molecule has 2 amide bonds. The number of rotatable bonds is 4. The van der Waals surface area contributed by atoms with Crippen LogP contribution in [0.4, 0.5) is 10.7 Å². The number of anilines is 1. The zero-order valence-electron chi connectivity index (χ0n) is 14.6. The summed E-state index contributed by atoms with van der Waals surface area (Å²) in [6.45, 7) is 6.91. The maximum atomic E-state index is 12.3. The Hall–Kier alpha value is -2.83. The Labute approximate surface area is 147 Å². The van der Waals surface area contributed by atoms with E-state index in [9.17, 15) is 4.79 Å². The minimum absolute atomic E-state index is 0.112. The van der Waals surface area contributed by atoms with E-state index in [0.717, 1.165) is 24.4 Å². The van der Waals surface area contributed by atoms with Crippen molar-refractivity contribution in [2.45, 2.75) is 13.8 Å². The fourth-order valence-electron chi connectivity index (χ4n) is 2.73. The number of aromatic nitrogens is 2. The van der Waals surface area contributed by atoms with Crippen LogP contribution < -0.4 is 15.0 Å². The van der Waals surface area contributed by atoms with Crippen molar-refractivity contribution in [3.63, 3.8) is 0 Å². The van der Waals surface area contributed by atoms with Gasteiger partial charge in [0.2, 0.25) is 5.95 Å². The first-order valence-corrected chi connectivity index (χ1v) is 8.39. The first-order chi connectivity index (χ1) is 12.1. The monoisotopic (exact) mass is 341 g/mol. The SMILES string of the molecule is Cc1cccc(OCNC(=O)N2CCN(c3ncccn3)CC2)c1C. The van der Waals surface area contributed by atoms with Crippen molar-refractivity contribution in [3.05, 3.63) is 47.8 Å². The van der Waals surface area contributed by atoms with Gasteiger partial charge in [-0.25, -0.2) is 14.8 Å². The number of benzene rings is 1. The van der Waals surface area contributed by atoms with Crippen LogP contribution in [-0.4, -0.2) is 53.8 Å². The van der Waals surface area contributed by atoms with E-state index in [2.05, 4.69) is 20.2 Å². The van der Waals surface area contributed by atoms with Crippen LogP contribution in [-0.2, 0) is 0 Å². The quantitative estimate of drug-likeness (QED) is 0.861. The maximum Gasteiger partial charge on any atom is 0.320 e. The van der Waals surface area contributed by atoms with Crippen molar-refractivity contribution in [2.24, 2.45) is 0 Å². The first-order valence-electron chi connectivity index (χ1n) is 8.39. The van der Waals surface area contributed by atoms with Crippen LogP contribution >= 0.6 is 0 Å². The maximum absolute atomic E-state index is 12.3. The molecule has 2 heterocycles. The molecule has 7 nitrogen and oxygen atoms in total. The summed E-state index contributed by atoms with van der Waals surface area (Å²) in [5.41, 5.74) is 2.26. The average Bonchev–Trinajstić information content (AvgIpc) is 2.66. The van der Waals surface area contributed by atoms with Crippen molar-refractivity contribution < 1.29 is 9.53 Å². The summed E-state index contributed by atoms with van der Waals surface area (Å²) < 4.78 is 5.68. The number of hydrogen-bond acceptors (Lipinski definition) is 5. The molecule has 1 aliphatic rings. The minimum atomic E-state index is -0.112. The number of aryl methyl sites for hydroxylation is 1. The van der Waals surface area contributed by atoms with Gasteiger partial charge in [-0.1, -0.05) is 12.1 Å². The molecule has 1 fully saturated rings. The summed E-state index contributed by atoms with van der Waals surface area (Å²) in [6, 6.07) is 7.58. The predicted molar refractivity (Wildman–Crippen MR) is 95.8 cm³/mol. The highest BCUT2D eigenvalue weighted by atomic mass is 16.5. The molecular formula is C18H23N5O2. The van der Waals surface area contributed by atoms with E-state index >= 15 is 0 Å². The number of urea groups is 1. The van der Waals surface area contributed by atoms with Crippen LogP contribution in [0.25, 0.3) is 0 Å². The lowest BCUT2D eigenvalue weighted by Gasteiger charge is -2.34. The van der Waals surface area contributed by atoms with Gasteiger partial charge in [0.15, 0.2) is 6.73 Å². The number of nitrogens with zero attached hydrogens (tertiary/aromatic N) is 4. The molecule has 0 unspecified atom stereocenters. The summed E-state index contributed by atoms with van der Waals surface area (Å²) in [7, 11) is 0. The van der Waals surface area contributed by atoms with Gasteiger partial charge in [-0.3, -0.25) is 0 Å². The Balaban J connectivity index is 1.44. The molecule has 1 aromatic carbocycles. The van der Waals surface area contributed by atoms with Gasteiger partial charge in [0.05, 0.1) is 0 Å². The van der Waals surface area contributed by atoms with Gasteiger partial charge in [-0.15, -0.1) is 0 Å². The van der Waals surface area contributed by atoms with Gasteiger partial charge >= 0.3 is 6.03 Å². The molecule has 0 radical (unpaired) electrons. The molecule has 7 heteroatoms. The smallest absolute Gasteiger partial charge is 0.320 e. The van der Waals surface area contributed by atoms with Crippen molar-refractivity contribution in [1.29, 1.82) is 0 Å². The molecule has 1 aliphatic heterocycles. The van der Waals surface area contributed by atoms with Crippen molar-refractivity contribution in [2.75, 3.05) is 37.8 Å². The molecule has 1 saturated heterocycles. The molecule has 1 N–H and O–H groups in total. The predicted octanol–water partition coefficient (Wildman–Crippen LogP) is 1.96. The minimum Gasteiger partial charge on any atom is -0.473 e. The van der Waals surface area contributed by atoms with Crippen molar-refractivity contribution in [3.8, 4) is 5.75 Å². The fraction of sp³-hybridized carbons (Fsp3) is 0.389. The molecule has 0 aliphatic carbocycles. The number of carbonyl (C=O) groups is 1. The largest absolute Gasteiger partial charge is 0.473 e. The van der Waals surface area contributed by atoms with Crippen LogP contribution in [0.1, 0.15) is 11.1 Å². The van der Waals surface area contributed by atoms with E-state index < -0.39 is 0 Å². The van der Waals surface area contributed by atoms with Gasteiger partial charge in [-0.05, 0) is 37.1 Å². The normalized spacial score (nSPS) is 14.3. The first kappa shape index (κ1) is 17.0. The van der Waals surface area contributed by atoms with E-state index in [1.807, 2.05) is 32.0 Å².